The number of carbonyl (C=O) groups excluding carboxylic acids is 2. The van der Waals surface area contributed by atoms with E-state index < -0.39 is 0 Å². The van der Waals surface area contributed by atoms with Gasteiger partial charge in [0.1, 0.15) is 5.56 Å². The molecule has 0 saturated carbocycles. The van der Waals surface area contributed by atoms with Gasteiger partial charge in [0, 0.05) is 50.0 Å². The predicted octanol–water partition coefficient (Wildman–Crippen LogP) is 1.14. The minimum atomic E-state index is -0.272. The second-order valence-corrected chi connectivity index (χ2v) is 9.39. The number of carbonyl (C=O) groups is 2. The number of amides is 2. The van der Waals surface area contributed by atoms with Gasteiger partial charge in [-0.2, -0.15) is 11.8 Å². The lowest BCUT2D eigenvalue weighted by atomic mass is 9.83. The fraction of sp³-hybridized carbons (Fsp3) is 0.667. The Morgan fingerprint density at radius 2 is 2.07 bits per heavy atom. The Morgan fingerprint density at radius 1 is 1.24 bits per heavy atom. The summed E-state index contributed by atoms with van der Waals surface area (Å²) in [7, 11) is 0. The van der Waals surface area contributed by atoms with Crippen LogP contribution in [-0.4, -0.2) is 75.6 Å². The maximum atomic E-state index is 13.2. The predicted molar refractivity (Wildman–Crippen MR) is 112 cm³/mol. The van der Waals surface area contributed by atoms with Crippen molar-refractivity contribution in [3.05, 3.63) is 33.7 Å². The van der Waals surface area contributed by atoms with Gasteiger partial charge in [-0.3, -0.25) is 14.4 Å². The number of thioether (sulfide) groups is 1. The summed E-state index contributed by atoms with van der Waals surface area (Å²) in [6, 6.07) is 3.36. The highest BCUT2D eigenvalue weighted by Gasteiger charge is 2.37. The van der Waals surface area contributed by atoms with Crippen LogP contribution in [0.2, 0.25) is 0 Å². The summed E-state index contributed by atoms with van der Waals surface area (Å²) in [6.07, 6.45) is 5.18. The molecule has 3 aliphatic rings. The molecule has 1 N–H and O–H groups in total. The average Bonchev–Trinajstić information content (AvgIpc) is 3.21. The van der Waals surface area contributed by atoms with Crippen LogP contribution in [0.1, 0.15) is 47.7 Å². The van der Waals surface area contributed by atoms with Crippen molar-refractivity contribution < 1.29 is 14.7 Å². The number of aromatic nitrogens is 1. The molecule has 3 aliphatic heterocycles. The summed E-state index contributed by atoms with van der Waals surface area (Å²) in [6.45, 7) is 2.41. The number of piperidine rings is 1. The van der Waals surface area contributed by atoms with E-state index in [1.165, 1.54) is 0 Å². The normalized spacial score (nSPS) is 25.8. The largest absolute Gasteiger partial charge is 0.394 e. The number of rotatable bonds is 5. The minimum absolute atomic E-state index is 0.0669. The second-order valence-electron chi connectivity index (χ2n) is 8.40. The number of nitrogens with zero attached hydrogens (tertiary/aromatic N) is 3. The topological polar surface area (TPSA) is 82.9 Å². The maximum absolute atomic E-state index is 13.2. The first-order valence-corrected chi connectivity index (χ1v) is 11.8. The van der Waals surface area contributed by atoms with Crippen molar-refractivity contribution in [1.29, 1.82) is 0 Å². The van der Waals surface area contributed by atoms with Gasteiger partial charge in [0.25, 0.3) is 11.5 Å². The highest BCUT2D eigenvalue weighted by atomic mass is 32.2. The van der Waals surface area contributed by atoms with Gasteiger partial charge in [-0.1, -0.05) is 0 Å². The van der Waals surface area contributed by atoms with Crippen molar-refractivity contribution >= 4 is 23.6 Å². The molecule has 0 radical (unpaired) electrons. The molecule has 0 aromatic carbocycles. The van der Waals surface area contributed by atoms with E-state index in [9.17, 15) is 19.5 Å². The summed E-state index contributed by atoms with van der Waals surface area (Å²) in [5.74, 6) is 1.15. The van der Waals surface area contributed by atoms with Crippen molar-refractivity contribution in [2.45, 2.75) is 44.2 Å². The molecule has 2 amide bonds. The number of fused-ring (bicyclic) bond motifs is 4. The molecule has 0 unspecified atom stereocenters. The Morgan fingerprint density at radius 3 is 2.83 bits per heavy atom. The SMILES string of the molecule is CSCCC(=O)N1C[C@@H]2C[C@H](C1)c1ccc(C(=O)N3CCC[C@@H]3CO)c(=O)n1C2. The minimum Gasteiger partial charge on any atom is -0.394 e. The summed E-state index contributed by atoms with van der Waals surface area (Å²) in [5, 5.41) is 9.52. The first-order valence-electron chi connectivity index (χ1n) is 10.5. The van der Waals surface area contributed by atoms with Gasteiger partial charge in [-0.05, 0) is 43.6 Å². The van der Waals surface area contributed by atoms with Crippen molar-refractivity contribution in [3.8, 4) is 0 Å². The Kier molecular flexibility index (Phi) is 6.01. The summed E-state index contributed by atoms with van der Waals surface area (Å²) in [4.78, 5) is 42.2. The molecule has 4 rings (SSSR count). The van der Waals surface area contributed by atoms with Crippen LogP contribution in [-0.2, 0) is 11.3 Å². The number of likely N-dealkylation sites (tertiary alicyclic amines) is 2. The van der Waals surface area contributed by atoms with Crippen LogP contribution in [0.4, 0.5) is 0 Å². The lowest BCUT2D eigenvalue weighted by Crippen LogP contribution is -2.50. The number of pyridine rings is 1. The van der Waals surface area contributed by atoms with E-state index in [1.807, 2.05) is 17.2 Å². The fourth-order valence-electron chi connectivity index (χ4n) is 5.11. The molecular formula is C21H29N3O4S. The van der Waals surface area contributed by atoms with Crippen LogP contribution < -0.4 is 5.56 Å². The van der Waals surface area contributed by atoms with E-state index in [0.29, 0.717) is 32.6 Å². The summed E-state index contributed by atoms with van der Waals surface area (Å²) < 4.78 is 1.76. The zero-order chi connectivity index (χ0) is 20.5. The Bertz CT molecular complexity index is 855. The highest BCUT2D eigenvalue weighted by molar-refractivity contribution is 7.98. The van der Waals surface area contributed by atoms with Crippen molar-refractivity contribution in [2.75, 3.05) is 38.2 Å². The third-order valence-corrected chi connectivity index (χ3v) is 7.17. The molecular weight excluding hydrogens is 390 g/mol. The van der Waals surface area contributed by atoms with Crippen LogP contribution in [0.3, 0.4) is 0 Å². The summed E-state index contributed by atoms with van der Waals surface area (Å²) >= 11 is 1.68. The molecule has 8 heteroatoms. The quantitative estimate of drug-likeness (QED) is 0.774. The van der Waals surface area contributed by atoms with E-state index in [0.717, 1.165) is 30.7 Å². The molecule has 2 fully saturated rings. The standard InChI is InChI=1S/C21H29N3O4S/c1-29-8-6-19(26)22-10-14-9-15(12-22)18-5-4-17(21(28)24(18)11-14)20(27)23-7-2-3-16(23)13-25/h4-5,14-16,25H,2-3,6-13H2,1H3/t14-,15+,16+/m0/s1. The smallest absolute Gasteiger partial charge is 0.263 e. The van der Waals surface area contributed by atoms with Crippen molar-refractivity contribution in [3.63, 3.8) is 0 Å². The van der Waals surface area contributed by atoms with E-state index in [4.69, 9.17) is 0 Å². The van der Waals surface area contributed by atoms with Crippen LogP contribution >= 0.6 is 11.8 Å². The lowest BCUT2D eigenvalue weighted by Gasteiger charge is -2.43. The van der Waals surface area contributed by atoms with Gasteiger partial charge < -0.3 is 19.5 Å². The van der Waals surface area contributed by atoms with E-state index in [2.05, 4.69) is 0 Å². The molecule has 2 saturated heterocycles. The molecule has 4 heterocycles. The van der Waals surface area contributed by atoms with Gasteiger partial charge in [-0.25, -0.2) is 0 Å². The number of aliphatic hydroxyl groups excluding tert-OH is 1. The molecule has 1 aromatic rings. The molecule has 29 heavy (non-hydrogen) atoms. The average molecular weight is 420 g/mol. The summed E-state index contributed by atoms with van der Waals surface area (Å²) in [5.41, 5.74) is 0.903. The maximum Gasteiger partial charge on any atom is 0.263 e. The van der Waals surface area contributed by atoms with Crippen LogP contribution in [0.5, 0.6) is 0 Å². The van der Waals surface area contributed by atoms with Crippen LogP contribution in [0.15, 0.2) is 16.9 Å². The Labute approximate surface area is 175 Å². The van der Waals surface area contributed by atoms with Crippen LogP contribution in [0, 0.1) is 5.92 Å². The molecule has 0 spiro atoms. The molecule has 0 aliphatic carbocycles. The van der Waals surface area contributed by atoms with Crippen molar-refractivity contribution in [1.82, 2.24) is 14.4 Å². The molecule has 2 bridgehead atoms. The number of aliphatic hydroxyl groups is 1. The van der Waals surface area contributed by atoms with E-state index in [-0.39, 0.29) is 47.4 Å². The monoisotopic (exact) mass is 419 g/mol. The van der Waals surface area contributed by atoms with Gasteiger partial charge in [-0.15, -0.1) is 0 Å². The zero-order valence-electron chi connectivity index (χ0n) is 16.9. The van der Waals surface area contributed by atoms with Gasteiger partial charge >= 0.3 is 0 Å². The fourth-order valence-corrected chi connectivity index (χ4v) is 5.49. The van der Waals surface area contributed by atoms with Crippen LogP contribution in [0.25, 0.3) is 0 Å². The first kappa shape index (κ1) is 20.5. The first-order chi connectivity index (χ1) is 14.0. The van der Waals surface area contributed by atoms with E-state index >= 15 is 0 Å². The van der Waals surface area contributed by atoms with Gasteiger partial charge in [0.2, 0.25) is 5.91 Å². The van der Waals surface area contributed by atoms with Crippen molar-refractivity contribution in [2.24, 2.45) is 5.92 Å². The van der Waals surface area contributed by atoms with E-state index in [1.54, 1.807) is 27.3 Å². The molecule has 1 aromatic heterocycles. The van der Waals surface area contributed by atoms with Gasteiger partial charge in [0.05, 0.1) is 12.6 Å². The third kappa shape index (κ3) is 3.84. The molecule has 7 nitrogen and oxygen atoms in total. The highest BCUT2D eigenvalue weighted by Crippen LogP contribution is 2.35. The third-order valence-electron chi connectivity index (χ3n) is 6.56. The lowest BCUT2D eigenvalue weighted by molar-refractivity contribution is -0.133. The Balaban J connectivity index is 1.57. The molecule has 158 valence electrons. The Hall–Kier alpha value is -1.80. The second kappa shape index (κ2) is 8.52. The molecule has 3 atom stereocenters. The number of hydrogen-bond acceptors (Lipinski definition) is 5. The van der Waals surface area contributed by atoms with Gasteiger partial charge in [0.15, 0.2) is 0 Å². The number of hydrogen-bond donors (Lipinski definition) is 1. The zero-order valence-corrected chi connectivity index (χ0v) is 17.7.